The molecule has 0 saturated carbocycles. The number of Topliss-reactive ketones (excluding diaryl/α,β-unsaturated/α-hetero) is 1. The van der Waals surface area contributed by atoms with Gasteiger partial charge in [0.05, 0.1) is 0 Å². The monoisotopic (exact) mass is 260 g/mol. The van der Waals surface area contributed by atoms with Crippen LogP contribution in [0.25, 0.3) is 0 Å². The minimum absolute atomic E-state index is 0.00268. The van der Waals surface area contributed by atoms with E-state index in [0.29, 0.717) is 17.2 Å². The molecule has 0 aromatic heterocycles. The highest BCUT2D eigenvalue weighted by molar-refractivity contribution is 5.96. The fraction of sp³-hybridized carbons (Fsp3) is 0.467. The van der Waals surface area contributed by atoms with E-state index in [2.05, 4.69) is 12.2 Å². The molecule has 1 aliphatic rings. The lowest BCUT2D eigenvalue weighted by Crippen LogP contribution is -2.40. The topological polar surface area (TPSA) is 49.4 Å². The summed E-state index contributed by atoms with van der Waals surface area (Å²) >= 11 is 0. The summed E-state index contributed by atoms with van der Waals surface area (Å²) in [5.74, 6) is 0.702. The Hall–Kier alpha value is -1.84. The number of ketones is 1. The molecule has 0 unspecified atom stereocenters. The molecular weight excluding hydrogens is 240 g/mol. The van der Waals surface area contributed by atoms with Gasteiger partial charge in [0.2, 0.25) is 0 Å². The van der Waals surface area contributed by atoms with Gasteiger partial charge < -0.3 is 10.2 Å². The van der Waals surface area contributed by atoms with Gasteiger partial charge in [0.25, 0.3) is 0 Å². The average Bonchev–Trinajstić information content (AvgIpc) is 2.39. The molecule has 1 aliphatic heterocycles. The van der Waals surface area contributed by atoms with E-state index in [-0.39, 0.29) is 11.8 Å². The number of hydrogen-bond donors (Lipinski definition) is 1. The Labute approximate surface area is 113 Å². The number of likely N-dealkylation sites (tertiary alicyclic amines) is 1. The normalized spacial score (nSPS) is 16.2. The summed E-state index contributed by atoms with van der Waals surface area (Å²) in [5.41, 5.74) is 1.29. The van der Waals surface area contributed by atoms with Crippen molar-refractivity contribution in [2.24, 2.45) is 5.92 Å². The van der Waals surface area contributed by atoms with Gasteiger partial charge in [-0.3, -0.25) is 4.79 Å². The predicted molar refractivity (Wildman–Crippen MR) is 75.4 cm³/mol. The second-order valence-corrected chi connectivity index (χ2v) is 5.24. The molecule has 0 aliphatic carbocycles. The van der Waals surface area contributed by atoms with E-state index in [1.807, 2.05) is 4.90 Å². The molecule has 1 heterocycles. The van der Waals surface area contributed by atoms with Gasteiger partial charge in [-0.1, -0.05) is 19.1 Å². The zero-order valence-corrected chi connectivity index (χ0v) is 11.5. The highest BCUT2D eigenvalue weighted by Gasteiger charge is 2.20. The molecule has 102 valence electrons. The zero-order valence-electron chi connectivity index (χ0n) is 11.5. The van der Waals surface area contributed by atoms with E-state index >= 15 is 0 Å². The van der Waals surface area contributed by atoms with Gasteiger partial charge >= 0.3 is 6.03 Å². The molecule has 1 aromatic carbocycles. The maximum absolute atomic E-state index is 12.1. The Balaban J connectivity index is 1.98. The van der Waals surface area contributed by atoms with Crippen LogP contribution in [0.4, 0.5) is 10.5 Å². The van der Waals surface area contributed by atoms with Crippen LogP contribution in [0.2, 0.25) is 0 Å². The minimum Gasteiger partial charge on any atom is -0.325 e. The fourth-order valence-electron chi connectivity index (χ4n) is 2.23. The van der Waals surface area contributed by atoms with Crippen molar-refractivity contribution in [1.82, 2.24) is 4.90 Å². The number of rotatable bonds is 2. The standard InChI is InChI=1S/C15H20N2O2/c1-11-6-8-17(9-7-11)15(19)16-14-5-3-4-13(10-14)12(2)18/h3-5,10-11H,6-9H2,1-2H3,(H,16,19). The molecule has 1 N–H and O–H groups in total. The lowest BCUT2D eigenvalue weighted by atomic mass is 10.00. The van der Waals surface area contributed by atoms with E-state index in [9.17, 15) is 9.59 Å². The number of benzene rings is 1. The average molecular weight is 260 g/mol. The van der Waals surface area contributed by atoms with Crippen LogP contribution in [-0.4, -0.2) is 29.8 Å². The summed E-state index contributed by atoms with van der Waals surface area (Å²) in [6.45, 7) is 5.34. The number of urea groups is 1. The third kappa shape index (κ3) is 3.56. The van der Waals surface area contributed by atoms with Gasteiger partial charge in [0, 0.05) is 24.3 Å². The van der Waals surface area contributed by atoms with Crippen molar-refractivity contribution in [3.8, 4) is 0 Å². The fourth-order valence-corrected chi connectivity index (χ4v) is 2.23. The van der Waals surface area contributed by atoms with Crippen LogP contribution in [0.15, 0.2) is 24.3 Å². The summed E-state index contributed by atoms with van der Waals surface area (Å²) in [7, 11) is 0. The molecule has 0 bridgehead atoms. The summed E-state index contributed by atoms with van der Waals surface area (Å²) in [5, 5.41) is 2.86. The summed E-state index contributed by atoms with van der Waals surface area (Å²) < 4.78 is 0. The molecular formula is C15H20N2O2. The van der Waals surface area contributed by atoms with Gasteiger partial charge in [-0.15, -0.1) is 0 Å². The molecule has 1 aromatic rings. The van der Waals surface area contributed by atoms with E-state index < -0.39 is 0 Å². The second kappa shape index (κ2) is 5.87. The number of nitrogens with one attached hydrogen (secondary N) is 1. The van der Waals surface area contributed by atoms with Gasteiger partial charge in [-0.25, -0.2) is 4.79 Å². The first-order valence-electron chi connectivity index (χ1n) is 6.73. The number of nitrogens with zero attached hydrogens (tertiary/aromatic N) is 1. The van der Waals surface area contributed by atoms with Crippen LogP contribution < -0.4 is 5.32 Å². The van der Waals surface area contributed by atoms with Crippen molar-refractivity contribution in [1.29, 1.82) is 0 Å². The van der Waals surface area contributed by atoms with E-state index in [1.54, 1.807) is 24.3 Å². The molecule has 0 spiro atoms. The van der Waals surface area contributed by atoms with Crippen LogP contribution in [0.5, 0.6) is 0 Å². The van der Waals surface area contributed by atoms with E-state index in [0.717, 1.165) is 25.9 Å². The zero-order chi connectivity index (χ0) is 13.8. The first-order valence-corrected chi connectivity index (χ1v) is 6.73. The van der Waals surface area contributed by atoms with E-state index in [1.165, 1.54) is 6.92 Å². The molecule has 0 radical (unpaired) electrons. The molecule has 0 atom stereocenters. The van der Waals surface area contributed by atoms with Gasteiger partial charge in [0.1, 0.15) is 0 Å². The Morgan fingerprint density at radius 3 is 2.58 bits per heavy atom. The largest absolute Gasteiger partial charge is 0.325 e. The molecule has 2 rings (SSSR count). The number of piperidine rings is 1. The van der Waals surface area contributed by atoms with Crippen molar-refractivity contribution in [3.05, 3.63) is 29.8 Å². The number of hydrogen-bond acceptors (Lipinski definition) is 2. The molecule has 1 saturated heterocycles. The SMILES string of the molecule is CC(=O)c1cccc(NC(=O)N2CCC(C)CC2)c1. The van der Waals surface area contributed by atoms with Gasteiger partial charge in [0.15, 0.2) is 5.78 Å². The van der Waals surface area contributed by atoms with Crippen molar-refractivity contribution in [2.75, 3.05) is 18.4 Å². The lowest BCUT2D eigenvalue weighted by Gasteiger charge is -2.30. The Morgan fingerprint density at radius 2 is 1.95 bits per heavy atom. The summed E-state index contributed by atoms with van der Waals surface area (Å²) in [4.78, 5) is 25.2. The van der Waals surface area contributed by atoms with Crippen LogP contribution in [0, 0.1) is 5.92 Å². The molecule has 4 heteroatoms. The number of carbonyl (C=O) groups excluding carboxylic acids is 2. The number of amides is 2. The predicted octanol–water partition coefficient (Wildman–Crippen LogP) is 3.15. The van der Waals surface area contributed by atoms with Crippen molar-refractivity contribution >= 4 is 17.5 Å². The number of carbonyl (C=O) groups is 2. The van der Waals surface area contributed by atoms with Crippen LogP contribution in [-0.2, 0) is 0 Å². The highest BCUT2D eigenvalue weighted by atomic mass is 16.2. The molecule has 19 heavy (non-hydrogen) atoms. The molecule has 2 amide bonds. The van der Waals surface area contributed by atoms with Crippen LogP contribution >= 0.6 is 0 Å². The first-order chi connectivity index (χ1) is 9.06. The van der Waals surface area contributed by atoms with Crippen molar-refractivity contribution in [2.45, 2.75) is 26.7 Å². The highest BCUT2D eigenvalue weighted by Crippen LogP contribution is 2.18. The Morgan fingerprint density at radius 1 is 1.26 bits per heavy atom. The maximum atomic E-state index is 12.1. The first kappa shape index (κ1) is 13.6. The lowest BCUT2D eigenvalue weighted by molar-refractivity contribution is 0.101. The van der Waals surface area contributed by atoms with Gasteiger partial charge in [-0.2, -0.15) is 0 Å². The summed E-state index contributed by atoms with van der Waals surface area (Å²) in [6.07, 6.45) is 2.11. The summed E-state index contributed by atoms with van der Waals surface area (Å²) in [6, 6.07) is 6.97. The van der Waals surface area contributed by atoms with Crippen LogP contribution in [0.3, 0.4) is 0 Å². The minimum atomic E-state index is -0.0763. The quantitative estimate of drug-likeness (QED) is 0.830. The Kier molecular flexibility index (Phi) is 4.20. The van der Waals surface area contributed by atoms with Crippen LogP contribution in [0.1, 0.15) is 37.0 Å². The second-order valence-electron chi connectivity index (χ2n) is 5.24. The van der Waals surface area contributed by atoms with Crippen molar-refractivity contribution in [3.63, 3.8) is 0 Å². The molecule has 4 nitrogen and oxygen atoms in total. The third-order valence-corrected chi connectivity index (χ3v) is 3.59. The third-order valence-electron chi connectivity index (χ3n) is 3.59. The maximum Gasteiger partial charge on any atom is 0.321 e. The molecule has 1 fully saturated rings. The van der Waals surface area contributed by atoms with Gasteiger partial charge in [-0.05, 0) is 37.8 Å². The van der Waals surface area contributed by atoms with E-state index in [4.69, 9.17) is 0 Å². The number of anilines is 1. The Bertz CT molecular complexity index is 477. The van der Waals surface area contributed by atoms with Crippen molar-refractivity contribution < 1.29 is 9.59 Å². The smallest absolute Gasteiger partial charge is 0.321 e.